The van der Waals surface area contributed by atoms with Crippen LogP contribution in [0, 0.1) is 5.92 Å². The maximum absolute atomic E-state index is 13.1. The molecule has 0 bridgehead atoms. The second-order valence-electron chi connectivity index (χ2n) is 8.37. The van der Waals surface area contributed by atoms with Crippen molar-refractivity contribution in [1.82, 2.24) is 10.2 Å². The van der Waals surface area contributed by atoms with Crippen LogP contribution in [0.2, 0.25) is 0 Å². The van der Waals surface area contributed by atoms with Crippen LogP contribution >= 0.6 is 0 Å². The largest absolute Gasteiger partial charge is 0.381 e. The summed E-state index contributed by atoms with van der Waals surface area (Å²) in [6, 6.07) is 7.87. The Balaban J connectivity index is 1.44. The summed E-state index contributed by atoms with van der Waals surface area (Å²) < 4.78 is 5.40. The molecule has 1 aromatic carbocycles. The first-order valence-electron chi connectivity index (χ1n) is 10.4. The maximum atomic E-state index is 13.1. The van der Waals surface area contributed by atoms with Gasteiger partial charge in [-0.3, -0.25) is 9.59 Å². The van der Waals surface area contributed by atoms with Crippen LogP contribution in [0.25, 0.3) is 0 Å². The van der Waals surface area contributed by atoms with E-state index in [2.05, 4.69) is 5.32 Å². The molecule has 0 unspecified atom stereocenters. The number of carbonyl (C=O) groups is 2. The molecular formula is C22H30N2O3. The molecule has 1 aromatic rings. The zero-order chi connectivity index (χ0) is 18.7. The zero-order valence-corrected chi connectivity index (χ0v) is 16.0. The summed E-state index contributed by atoms with van der Waals surface area (Å²) in [5.74, 6) is 0.708. The van der Waals surface area contributed by atoms with Crippen molar-refractivity contribution in [1.29, 1.82) is 0 Å². The third-order valence-electron chi connectivity index (χ3n) is 6.60. The molecule has 4 rings (SSSR count). The SMILES string of the molecule is O=C(CC1(N2Cc3ccccc3C2=O)CCCCC1)NCC1CCOCC1. The van der Waals surface area contributed by atoms with Crippen molar-refractivity contribution >= 4 is 11.8 Å². The minimum Gasteiger partial charge on any atom is -0.381 e. The van der Waals surface area contributed by atoms with E-state index in [4.69, 9.17) is 4.74 Å². The number of amides is 2. The number of hydrogen-bond acceptors (Lipinski definition) is 3. The van der Waals surface area contributed by atoms with Crippen LogP contribution < -0.4 is 5.32 Å². The van der Waals surface area contributed by atoms with Crippen LogP contribution in [0.3, 0.4) is 0 Å². The third kappa shape index (κ3) is 3.88. The molecule has 2 heterocycles. The van der Waals surface area contributed by atoms with Gasteiger partial charge in [-0.05, 0) is 43.2 Å². The molecule has 146 valence electrons. The second kappa shape index (κ2) is 8.01. The molecule has 1 saturated carbocycles. The predicted molar refractivity (Wildman–Crippen MR) is 103 cm³/mol. The minimum atomic E-state index is -0.325. The van der Waals surface area contributed by atoms with Gasteiger partial charge in [0.25, 0.3) is 5.91 Å². The average molecular weight is 370 g/mol. The molecule has 0 radical (unpaired) electrons. The third-order valence-corrected chi connectivity index (χ3v) is 6.60. The van der Waals surface area contributed by atoms with Gasteiger partial charge in [-0.25, -0.2) is 0 Å². The van der Waals surface area contributed by atoms with Crippen molar-refractivity contribution in [3.8, 4) is 0 Å². The monoisotopic (exact) mass is 370 g/mol. The Morgan fingerprint density at radius 3 is 2.63 bits per heavy atom. The van der Waals surface area contributed by atoms with E-state index >= 15 is 0 Å². The molecule has 2 fully saturated rings. The van der Waals surface area contributed by atoms with E-state index in [-0.39, 0.29) is 17.4 Å². The fourth-order valence-corrected chi connectivity index (χ4v) is 4.96. The average Bonchev–Trinajstić information content (AvgIpc) is 3.06. The molecule has 5 heteroatoms. The second-order valence-corrected chi connectivity index (χ2v) is 8.37. The molecule has 0 spiro atoms. The van der Waals surface area contributed by atoms with E-state index in [1.807, 2.05) is 29.2 Å². The molecule has 1 aliphatic carbocycles. The summed E-state index contributed by atoms with van der Waals surface area (Å²) in [4.78, 5) is 27.9. The highest BCUT2D eigenvalue weighted by molar-refractivity contribution is 5.99. The first-order valence-corrected chi connectivity index (χ1v) is 10.4. The van der Waals surface area contributed by atoms with Crippen molar-refractivity contribution in [3.05, 3.63) is 35.4 Å². The summed E-state index contributed by atoms with van der Waals surface area (Å²) in [5.41, 5.74) is 1.58. The number of hydrogen-bond donors (Lipinski definition) is 1. The van der Waals surface area contributed by atoms with Gasteiger partial charge in [0, 0.05) is 38.3 Å². The van der Waals surface area contributed by atoms with E-state index in [1.54, 1.807) is 0 Å². The van der Waals surface area contributed by atoms with E-state index in [9.17, 15) is 9.59 Å². The number of fused-ring (bicyclic) bond motifs is 1. The summed E-state index contributed by atoms with van der Waals surface area (Å²) in [6.45, 7) is 2.96. The first kappa shape index (κ1) is 18.5. The Kier molecular flexibility index (Phi) is 5.48. The van der Waals surface area contributed by atoms with Gasteiger partial charge in [0.2, 0.25) is 5.91 Å². The summed E-state index contributed by atoms with van der Waals surface area (Å²) in [7, 11) is 0. The fraction of sp³-hybridized carbons (Fsp3) is 0.636. The Bertz CT molecular complexity index is 691. The smallest absolute Gasteiger partial charge is 0.254 e. The number of rotatable bonds is 5. The van der Waals surface area contributed by atoms with Gasteiger partial charge in [-0.1, -0.05) is 37.5 Å². The maximum Gasteiger partial charge on any atom is 0.254 e. The molecule has 2 amide bonds. The van der Waals surface area contributed by atoms with Gasteiger partial charge in [0.1, 0.15) is 0 Å². The van der Waals surface area contributed by atoms with Crippen LogP contribution in [0.1, 0.15) is 67.3 Å². The topological polar surface area (TPSA) is 58.6 Å². The molecule has 27 heavy (non-hydrogen) atoms. The quantitative estimate of drug-likeness (QED) is 0.865. The number of benzene rings is 1. The van der Waals surface area contributed by atoms with E-state index in [1.165, 1.54) is 6.42 Å². The van der Waals surface area contributed by atoms with Crippen molar-refractivity contribution in [2.24, 2.45) is 5.92 Å². The Hall–Kier alpha value is -1.88. The van der Waals surface area contributed by atoms with Crippen molar-refractivity contribution < 1.29 is 14.3 Å². The van der Waals surface area contributed by atoms with Crippen molar-refractivity contribution in [3.63, 3.8) is 0 Å². The lowest BCUT2D eigenvalue weighted by Gasteiger charge is -2.44. The Labute approximate surface area is 161 Å². The lowest BCUT2D eigenvalue weighted by atomic mass is 9.77. The van der Waals surface area contributed by atoms with Crippen LogP contribution in [0.5, 0.6) is 0 Å². The summed E-state index contributed by atoms with van der Waals surface area (Å²) in [5, 5.41) is 3.15. The van der Waals surface area contributed by atoms with Crippen LogP contribution in [0.4, 0.5) is 0 Å². The lowest BCUT2D eigenvalue weighted by molar-refractivity contribution is -0.124. The Morgan fingerprint density at radius 1 is 1.15 bits per heavy atom. The highest BCUT2D eigenvalue weighted by Crippen LogP contribution is 2.41. The highest BCUT2D eigenvalue weighted by atomic mass is 16.5. The molecule has 0 aromatic heterocycles. The van der Waals surface area contributed by atoms with Crippen molar-refractivity contribution in [2.45, 2.75) is 63.5 Å². The summed E-state index contributed by atoms with van der Waals surface area (Å²) in [6.07, 6.45) is 7.70. The van der Waals surface area contributed by atoms with E-state index in [0.29, 0.717) is 18.9 Å². The summed E-state index contributed by atoms with van der Waals surface area (Å²) >= 11 is 0. The predicted octanol–water partition coefficient (Wildman–Crippen LogP) is 3.28. The zero-order valence-electron chi connectivity index (χ0n) is 16.0. The van der Waals surface area contributed by atoms with Crippen molar-refractivity contribution in [2.75, 3.05) is 19.8 Å². The molecule has 1 N–H and O–H groups in total. The van der Waals surface area contributed by atoms with Gasteiger partial charge >= 0.3 is 0 Å². The van der Waals surface area contributed by atoms with Gasteiger partial charge in [-0.15, -0.1) is 0 Å². The Morgan fingerprint density at radius 2 is 1.89 bits per heavy atom. The molecular weight excluding hydrogens is 340 g/mol. The van der Waals surface area contributed by atoms with E-state index in [0.717, 1.165) is 69.4 Å². The van der Waals surface area contributed by atoms with Gasteiger partial charge < -0.3 is 15.0 Å². The first-order chi connectivity index (χ1) is 13.2. The number of nitrogens with zero attached hydrogens (tertiary/aromatic N) is 1. The molecule has 2 aliphatic heterocycles. The minimum absolute atomic E-state index is 0.0900. The molecule has 5 nitrogen and oxygen atoms in total. The number of carbonyl (C=O) groups excluding carboxylic acids is 2. The molecule has 0 atom stereocenters. The number of ether oxygens (including phenoxy) is 1. The lowest BCUT2D eigenvalue weighted by Crippen LogP contribution is -2.53. The highest BCUT2D eigenvalue weighted by Gasteiger charge is 2.45. The molecule has 3 aliphatic rings. The standard InChI is InChI=1S/C22H30N2O3/c25-20(23-15-17-8-12-27-13-9-17)14-22(10-4-1-5-11-22)24-16-18-6-2-3-7-19(18)21(24)26/h2-3,6-7,17H,1,4-5,8-16H2,(H,23,25). The normalized spacial score (nSPS) is 22.5. The fourth-order valence-electron chi connectivity index (χ4n) is 4.96. The van der Waals surface area contributed by atoms with Gasteiger partial charge in [0.15, 0.2) is 0 Å². The number of nitrogens with one attached hydrogen (secondary N) is 1. The van der Waals surface area contributed by atoms with Gasteiger partial charge in [0.05, 0.1) is 5.54 Å². The van der Waals surface area contributed by atoms with E-state index < -0.39 is 0 Å². The van der Waals surface area contributed by atoms with Crippen LogP contribution in [0.15, 0.2) is 24.3 Å². The van der Waals surface area contributed by atoms with Gasteiger partial charge in [-0.2, -0.15) is 0 Å². The van der Waals surface area contributed by atoms with Crippen LogP contribution in [-0.2, 0) is 16.1 Å². The molecule has 1 saturated heterocycles. The van der Waals surface area contributed by atoms with Crippen LogP contribution in [-0.4, -0.2) is 42.0 Å².